The zero-order chi connectivity index (χ0) is 14.3. The molecule has 2 aromatic rings. The molecule has 2 aliphatic rings. The Bertz CT molecular complexity index is 558. The lowest BCUT2D eigenvalue weighted by Gasteiger charge is -2.30. The molecule has 2 atom stereocenters. The summed E-state index contributed by atoms with van der Waals surface area (Å²) in [5, 5.41) is 0. The summed E-state index contributed by atoms with van der Waals surface area (Å²) in [4.78, 5) is 2.26. The molecule has 0 aromatic heterocycles. The lowest BCUT2D eigenvalue weighted by atomic mass is 9.97. The van der Waals surface area contributed by atoms with E-state index in [1.807, 2.05) is 36.4 Å². The lowest BCUT2D eigenvalue weighted by molar-refractivity contribution is -0.158. The first-order valence-electron chi connectivity index (χ1n) is 7.43. The molecule has 2 aromatic carbocycles. The van der Waals surface area contributed by atoms with Crippen molar-refractivity contribution < 1.29 is 9.47 Å². The minimum absolute atomic E-state index is 0.135. The van der Waals surface area contributed by atoms with Gasteiger partial charge in [0.15, 0.2) is 0 Å². The first kappa shape index (κ1) is 13.0. The van der Waals surface area contributed by atoms with E-state index in [1.54, 1.807) is 0 Å². The van der Waals surface area contributed by atoms with Crippen molar-refractivity contribution >= 4 is 0 Å². The molecule has 3 nitrogen and oxygen atoms in total. The summed E-state index contributed by atoms with van der Waals surface area (Å²) >= 11 is 0. The Kier molecular flexibility index (Phi) is 3.07. The van der Waals surface area contributed by atoms with E-state index in [0.717, 1.165) is 24.2 Å². The van der Waals surface area contributed by atoms with Crippen molar-refractivity contribution in [3.63, 3.8) is 0 Å². The van der Waals surface area contributed by atoms with Crippen LogP contribution in [0.3, 0.4) is 0 Å². The third-order valence-corrected chi connectivity index (χ3v) is 4.34. The zero-order valence-corrected chi connectivity index (χ0v) is 12.1. The molecule has 0 radical (unpaired) electrons. The summed E-state index contributed by atoms with van der Waals surface area (Å²) < 4.78 is 12.9. The van der Waals surface area contributed by atoms with Gasteiger partial charge in [-0.1, -0.05) is 60.7 Å². The van der Waals surface area contributed by atoms with Crippen LogP contribution in [0.5, 0.6) is 0 Å². The Balaban J connectivity index is 1.79. The van der Waals surface area contributed by atoms with Gasteiger partial charge >= 0.3 is 0 Å². The van der Waals surface area contributed by atoms with E-state index in [4.69, 9.17) is 9.47 Å². The van der Waals surface area contributed by atoms with Crippen molar-refractivity contribution in [1.82, 2.24) is 4.90 Å². The molecule has 0 saturated carbocycles. The standard InChI is InChI=1S/C18H19NO2/c1-19-12-16-17(13-19)21-18(20-16,14-8-4-2-5-9-14)15-10-6-3-7-11-15/h2-11,16-17H,12-13H2,1H3/t16-,17+. The largest absolute Gasteiger partial charge is 0.335 e. The third kappa shape index (κ3) is 2.09. The van der Waals surface area contributed by atoms with Crippen molar-refractivity contribution in [2.24, 2.45) is 0 Å². The van der Waals surface area contributed by atoms with Gasteiger partial charge in [0, 0.05) is 24.2 Å². The summed E-state index contributed by atoms with van der Waals surface area (Å²) in [6, 6.07) is 20.5. The molecule has 2 heterocycles. The van der Waals surface area contributed by atoms with Gasteiger partial charge in [-0.15, -0.1) is 0 Å². The van der Waals surface area contributed by atoms with E-state index in [9.17, 15) is 0 Å². The molecular weight excluding hydrogens is 262 g/mol. The average Bonchev–Trinajstić information content (AvgIpc) is 3.04. The number of likely N-dealkylation sites (N-methyl/N-ethyl adjacent to an activating group) is 1. The van der Waals surface area contributed by atoms with Gasteiger partial charge in [-0.2, -0.15) is 0 Å². The molecule has 0 unspecified atom stereocenters. The van der Waals surface area contributed by atoms with Crippen molar-refractivity contribution in [2.45, 2.75) is 18.0 Å². The molecule has 3 heteroatoms. The third-order valence-electron chi connectivity index (χ3n) is 4.34. The van der Waals surface area contributed by atoms with Crippen LogP contribution in [0.1, 0.15) is 11.1 Å². The summed E-state index contributed by atoms with van der Waals surface area (Å²) in [6.45, 7) is 1.85. The molecular formula is C18H19NO2. The van der Waals surface area contributed by atoms with Crippen LogP contribution in [0.4, 0.5) is 0 Å². The number of fused-ring (bicyclic) bond motifs is 1. The number of benzene rings is 2. The number of ether oxygens (including phenoxy) is 2. The Labute approximate surface area is 125 Å². The predicted octanol–water partition coefficient (Wildman–Crippen LogP) is 2.62. The SMILES string of the molecule is CN1C[C@@H]2OC(c3ccccc3)(c3ccccc3)O[C@@H]2C1. The van der Waals surface area contributed by atoms with Crippen LogP contribution in [-0.4, -0.2) is 37.2 Å². The first-order valence-corrected chi connectivity index (χ1v) is 7.43. The van der Waals surface area contributed by atoms with E-state index in [-0.39, 0.29) is 12.2 Å². The van der Waals surface area contributed by atoms with E-state index in [2.05, 4.69) is 36.2 Å². The minimum atomic E-state index is -0.765. The van der Waals surface area contributed by atoms with Crippen LogP contribution in [0.25, 0.3) is 0 Å². The maximum absolute atomic E-state index is 6.45. The molecule has 2 fully saturated rings. The highest BCUT2D eigenvalue weighted by Gasteiger charge is 2.52. The Morgan fingerprint density at radius 1 is 0.810 bits per heavy atom. The van der Waals surface area contributed by atoms with Crippen LogP contribution in [0.15, 0.2) is 60.7 Å². The quantitative estimate of drug-likeness (QED) is 0.844. The summed E-state index contributed by atoms with van der Waals surface area (Å²) in [6.07, 6.45) is 0.269. The number of rotatable bonds is 2. The molecule has 2 saturated heterocycles. The van der Waals surface area contributed by atoms with E-state index >= 15 is 0 Å². The topological polar surface area (TPSA) is 21.7 Å². The van der Waals surface area contributed by atoms with Crippen LogP contribution >= 0.6 is 0 Å². The van der Waals surface area contributed by atoms with Gasteiger partial charge in [-0.25, -0.2) is 0 Å². The molecule has 108 valence electrons. The smallest absolute Gasteiger partial charge is 0.223 e. The highest BCUT2D eigenvalue weighted by molar-refractivity contribution is 5.35. The molecule has 4 rings (SSSR count). The monoisotopic (exact) mass is 281 g/mol. The van der Waals surface area contributed by atoms with Gasteiger partial charge in [0.1, 0.15) is 12.2 Å². The van der Waals surface area contributed by atoms with Crippen LogP contribution < -0.4 is 0 Å². The van der Waals surface area contributed by atoms with Crippen molar-refractivity contribution in [3.8, 4) is 0 Å². The molecule has 21 heavy (non-hydrogen) atoms. The van der Waals surface area contributed by atoms with Gasteiger partial charge in [0.2, 0.25) is 5.79 Å². The van der Waals surface area contributed by atoms with Crippen molar-refractivity contribution in [1.29, 1.82) is 0 Å². The summed E-state index contributed by atoms with van der Waals surface area (Å²) in [7, 11) is 2.11. The van der Waals surface area contributed by atoms with Crippen LogP contribution in [-0.2, 0) is 15.3 Å². The van der Waals surface area contributed by atoms with E-state index in [1.165, 1.54) is 0 Å². The van der Waals surface area contributed by atoms with Crippen molar-refractivity contribution in [2.75, 3.05) is 20.1 Å². The van der Waals surface area contributed by atoms with Crippen molar-refractivity contribution in [3.05, 3.63) is 71.8 Å². The lowest BCUT2D eigenvalue weighted by Crippen LogP contribution is -2.33. The predicted molar refractivity (Wildman–Crippen MR) is 80.9 cm³/mol. The first-order chi connectivity index (χ1) is 10.3. The number of likely N-dealkylation sites (tertiary alicyclic amines) is 1. The molecule has 0 N–H and O–H groups in total. The van der Waals surface area contributed by atoms with Gasteiger partial charge in [-0.05, 0) is 7.05 Å². The number of nitrogens with zero attached hydrogens (tertiary/aromatic N) is 1. The maximum atomic E-state index is 6.45. The second-order valence-electron chi connectivity index (χ2n) is 5.88. The fraction of sp³-hybridized carbons (Fsp3) is 0.333. The van der Waals surface area contributed by atoms with Crippen LogP contribution in [0.2, 0.25) is 0 Å². The van der Waals surface area contributed by atoms with Crippen LogP contribution in [0, 0.1) is 0 Å². The zero-order valence-electron chi connectivity index (χ0n) is 12.1. The van der Waals surface area contributed by atoms with Gasteiger partial charge in [0.25, 0.3) is 0 Å². The minimum Gasteiger partial charge on any atom is -0.335 e. The Hall–Kier alpha value is -1.68. The fourth-order valence-electron chi connectivity index (χ4n) is 3.36. The molecule has 0 spiro atoms. The average molecular weight is 281 g/mol. The molecule has 0 aliphatic carbocycles. The van der Waals surface area contributed by atoms with Gasteiger partial charge in [-0.3, -0.25) is 0 Å². The normalized spacial score (nSPS) is 27.7. The Morgan fingerprint density at radius 2 is 1.24 bits per heavy atom. The molecule has 2 aliphatic heterocycles. The second kappa shape index (κ2) is 4.95. The fourth-order valence-corrected chi connectivity index (χ4v) is 3.36. The Morgan fingerprint density at radius 3 is 1.67 bits per heavy atom. The number of hydrogen-bond acceptors (Lipinski definition) is 3. The summed E-state index contributed by atoms with van der Waals surface area (Å²) in [5.74, 6) is -0.765. The highest BCUT2D eigenvalue weighted by Crippen LogP contribution is 2.44. The van der Waals surface area contributed by atoms with E-state index in [0.29, 0.717) is 0 Å². The highest BCUT2D eigenvalue weighted by atomic mass is 16.8. The van der Waals surface area contributed by atoms with Gasteiger partial charge < -0.3 is 14.4 Å². The second-order valence-corrected chi connectivity index (χ2v) is 5.88. The van der Waals surface area contributed by atoms with Gasteiger partial charge in [0.05, 0.1) is 0 Å². The molecule has 0 bridgehead atoms. The number of hydrogen-bond donors (Lipinski definition) is 0. The summed E-state index contributed by atoms with van der Waals surface area (Å²) in [5.41, 5.74) is 2.13. The molecule has 0 amide bonds. The van der Waals surface area contributed by atoms with E-state index < -0.39 is 5.79 Å². The maximum Gasteiger partial charge on any atom is 0.223 e.